The molecule has 236 valence electrons. The van der Waals surface area contributed by atoms with Crippen molar-refractivity contribution in [2.24, 2.45) is 0 Å². The lowest BCUT2D eigenvalue weighted by Crippen LogP contribution is -2.46. The van der Waals surface area contributed by atoms with Crippen LogP contribution in [0, 0.1) is 0 Å². The molecule has 1 aromatic carbocycles. The van der Waals surface area contributed by atoms with Crippen molar-refractivity contribution in [3.8, 4) is 5.75 Å². The maximum atomic E-state index is 16.4. The van der Waals surface area contributed by atoms with Crippen molar-refractivity contribution in [3.63, 3.8) is 0 Å². The maximum absolute atomic E-state index is 16.4. The molecule has 1 fully saturated rings. The Kier molecular flexibility index (Phi) is 11.2. The number of ether oxygens (including phenoxy) is 3. The molecule has 16 heteroatoms. The fraction of sp³-hybridized carbons (Fsp3) is 0.519. The Hall–Kier alpha value is -3.65. The first kappa shape index (κ1) is 33.8. The number of aromatic nitrogens is 2. The van der Waals surface area contributed by atoms with Gasteiger partial charge < -0.3 is 23.5 Å². The first-order valence-corrected chi connectivity index (χ1v) is 15.0. The van der Waals surface area contributed by atoms with Crippen LogP contribution >= 0.6 is 7.75 Å². The number of halogens is 1. The van der Waals surface area contributed by atoms with Crippen molar-refractivity contribution in [1.82, 2.24) is 14.6 Å². The number of carbonyl (C=O) groups excluding carboxylic acids is 3. The molecule has 1 aliphatic rings. The second-order valence-electron chi connectivity index (χ2n) is 10.3. The summed E-state index contributed by atoms with van der Waals surface area (Å²) >= 11 is 0. The zero-order chi connectivity index (χ0) is 31.9. The number of rotatable bonds is 14. The number of alkyl halides is 1. The van der Waals surface area contributed by atoms with Gasteiger partial charge in [-0.25, -0.2) is 13.8 Å². The van der Waals surface area contributed by atoms with E-state index in [4.69, 9.17) is 23.3 Å². The molecule has 14 nitrogen and oxygen atoms in total. The molecule has 0 aliphatic carbocycles. The number of hydrogen-bond donors (Lipinski definition) is 2. The third kappa shape index (κ3) is 9.17. The van der Waals surface area contributed by atoms with Crippen LogP contribution in [0.2, 0.25) is 0 Å². The molecule has 3 unspecified atom stereocenters. The minimum atomic E-state index is -4.44. The number of hydrogen-bond acceptors (Lipinski definition) is 11. The van der Waals surface area contributed by atoms with Gasteiger partial charge >= 0.3 is 25.4 Å². The lowest BCUT2D eigenvalue weighted by atomic mass is 9.98. The van der Waals surface area contributed by atoms with Gasteiger partial charge in [-0.2, -0.15) is 5.09 Å². The summed E-state index contributed by atoms with van der Waals surface area (Å²) in [5.74, 6) is -1.87. The van der Waals surface area contributed by atoms with E-state index in [1.54, 1.807) is 32.0 Å². The van der Waals surface area contributed by atoms with Crippen LogP contribution in [0.15, 0.2) is 52.2 Å². The molecule has 0 saturated carbocycles. The van der Waals surface area contributed by atoms with Crippen LogP contribution in [0.1, 0.15) is 53.7 Å². The van der Waals surface area contributed by atoms with Gasteiger partial charge in [-0.05, 0) is 46.8 Å². The Morgan fingerprint density at radius 1 is 1.14 bits per heavy atom. The summed E-state index contributed by atoms with van der Waals surface area (Å²) in [5, 5.41) is 2.49. The molecule has 1 aliphatic heterocycles. The van der Waals surface area contributed by atoms with Crippen molar-refractivity contribution in [2.45, 2.75) is 83.7 Å². The molecule has 0 spiro atoms. The van der Waals surface area contributed by atoms with E-state index in [-0.39, 0.29) is 24.4 Å². The molecule has 1 aromatic heterocycles. The van der Waals surface area contributed by atoms with Crippen molar-refractivity contribution in [1.29, 1.82) is 0 Å². The third-order valence-electron chi connectivity index (χ3n) is 6.16. The zero-order valence-electron chi connectivity index (χ0n) is 24.3. The topological polar surface area (TPSA) is 181 Å². The minimum Gasteiger partial charge on any atom is -0.462 e. The monoisotopic (exact) mass is 627 g/mol. The Morgan fingerprint density at radius 2 is 1.81 bits per heavy atom. The van der Waals surface area contributed by atoms with Crippen LogP contribution < -0.4 is 20.9 Å². The third-order valence-corrected chi connectivity index (χ3v) is 7.80. The molecule has 2 heterocycles. The molecule has 6 atom stereocenters. The predicted octanol–water partition coefficient (Wildman–Crippen LogP) is 2.58. The van der Waals surface area contributed by atoms with Gasteiger partial charge in [-0.3, -0.25) is 28.5 Å². The molecule has 0 amide bonds. The normalized spacial score (nSPS) is 23.7. The van der Waals surface area contributed by atoms with Crippen molar-refractivity contribution >= 4 is 25.5 Å². The number of benzene rings is 1. The fourth-order valence-electron chi connectivity index (χ4n) is 4.13. The molecule has 2 N–H and O–H groups in total. The quantitative estimate of drug-likeness (QED) is 0.231. The number of Topliss-reactive ketones (excluding diaryl/α,β-unsaturated/α-hetero) is 1. The maximum Gasteiger partial charge on any atom is 0.459 e. The Balaban J connectivity index is 1.92. The highest BCUT2D eigenvalue weighted by Crippen LogP contribution is 2.48. The number of nitrogens with one attached hydrogen (secondary N) is 2. The molecule has 1 saturated heterocycles. The van der Waals surface area contributed by atoms with Crippen molar-refractivity contribution in [3.05, 3.63) is 63.4 Å². The average molecular weight is 628 g/mol. The SMILES string of the molecule is CC(=O)CCC(=O)O[C@@H]1C(COP(=O)(N[C@@H](C)C(=O)OC(C)C)Oc2ccccc2)OC(n2ccc(=O)[nH]c2=O)[C@]1(C)F. The Morgan fingerprint density at radius 3 is 2.42 bits per heavy atom. The van der Waals surface area contributed by atoms with E-state index in [9.17, 15) is 28.5 Å². The number of esters is 2. The van der Waals surface area contributed by atoms with Crippen molar-refractivity contribution < 1.29 is 46.6 Å². The average Bonchev–Trinajstić information content (AvgIpc) is 3.15. The first-order chi connectivity index (χ1) is 20.1. The zero-order valence-corrected chi connectivity index (χ0v) is 25.2. The summed E-state index contributed by atoms with van der Waals surface area (Å²) < 4.78 is 58.5. The molecule has 0 bridgehead atoms. The summed E-state index contributed by atoms with van der Waals surface area (Å²) in [6.45, 7) is 6.21. The van der Waals surface area contributed by atoms with E-state index in [1.165, 1.54) is 26.0 Å². The molecule has 2 aromatic rings. The summed E-state index contributed by atoms with van der Waals surface area (Å²) in [6, 6.07) is 7.66. The lowest BCUT2D eigenvalue weighted by molar-refractivity contribution is -0.159. The molecule has 3 rings (SSSR count). The molecule has 0 radical (unpaired) electrons. The van der Waals surface area contributed by atoms with E-state index < -0.39 is 73.8 Å². The number of H-pyrrole nitrogens is 1. The van der Waals surface area contributed by atoms with Gasteiger partial charge in [0.1, 0.15) is 23.7 Å². The van der Waals surface area contributed by atoms with Gasteiger partial charge in [0.2, 0.25) is 0 Å². The van der Waals surface area contributed by atoms with E-state index in [0.29, 0.717) is 0 Å². The van der Waals surface area contributed by atoms with Gasteiger partial charge in [0.05, 0.1) is 19.1 Å². The second kappa shape index (κ2) is 14.2. The minimum absolute atomic E-state index is 0.107. The highest BCUT2D eigenvalue weighted by atomic mass is 31.2. The van der Waals surface area contributed by atoms with Crippen LogP contribution in [0.25, 0.3) is 0 Å². The number of aromatic amines is 1. The van der Waals surface area contributed by atoms with E-state index in [1.807, 2.05) is 4.98 Å². The highest BCUT2D eigenvalue weighted by molar-refractivity contribution is 7.52. The van der Waals surface area contributed by atoms with Gasteiger partial charge in [0.15, 0.2) is 18.0 Å². The highest BCUT2D eigenvalue weighted by Gasteiger charge is 2.58. The van der Waals surface area contributed by atoms with Crippen LogP contribution in [0.4, 0.5) is 4.39 Å². The Bertz CT molecular complexity index is 1460. The number of carbonyl (C=O) groups is 3. The van der Waals surface area contributed by atoms with Crippen LogP contribution in [-0.2, 0) is 37.7 Å². The largest absolute Gasteiger partial charge is 0.462 e. The van der Waals surface area contributed by atoms with Gasteiger partial charge in [0, 0.05) is 18.7 Å². The number of nitrogens with zero attached hydrogens (tertiary/aromatic N) is 1. The Labute approximate surface area is 246 Å². The predicted molar refractivity (Wildman–Crippen MR) is 149 cm³/mol. The van der Waals surface area contributed by atoms with Crippen LogP contribution in [-0.4, -0.2) is 63.9 Å². The van der Waals surface area contributed by atoms with Crippen LogP contribution in [0.5, 0.6) is 5.75 Å². The van der Waals surface area contributed by atoms with Gasteiger partial charge in [-0.15, -0.1) is 0 Å². The van der Waals surface area contributed by atoms with Crippen molar-refractivity contribution in [2.75, 3.05) is 6.61 Å². The van der Waals surface area contributed by atoms with E-state index >= 15 is 4.39 Å². The smallest absolute Gasteiger partial charge is 0.459 e. The van der Waals surface area contributed by atoms with E-state index in [0.717, 1.165) is 23.8 Å². The fourth-order valence-corrected chi connectivity index (χ4v) is 5.63. The van der Waals surface area contributed by atoms with Gasteiger partial charge in [-0.1, -0.05) is 18.2 Å². The summed E-state index contributed by atoms with van der Waals surface area (Å²) in [4.78, 5) is 62.4. The van der Waals surface area contributed by atoms with E-state index in [2.05, 4.69) is 5.09 Å². The molecule has 43 heavy (non-hydrogen) atoms. The summed E-state index contributed by atoms with van der Waals surface area (Å²) in [6.07, 6.45) is -4.91. The molecular formula is C27H35FN3O11P. The number of para-hydroxylation sites is 1. The molecular weight excluding hydrogens is 592 g/mol. The van der Waals surface area contributed by atoms with Crippen LogP contribution in [0.3, 0.4) is 0 Å². The summed E-state index contributed by atoms with van der Waals surface area (Å²) in [5.41, 5.74) is -4.32. The standard InChI is InChI=1S/C27H35FN3O11P/c1-16(2)39-24(35)18(4)30-43(37,42-19-9-7-6-8-10-19)38-15-20-23(41-22(34)12-11-17(3)32)27(5,28)25(40-20)31-14-13-21(33)29-26(31)36/h6-10,13-14,16,18,20,23,25H,11-12,15H2,1-5H3,(H,30,37)(H,29,33,36)/t18-,20?,23+,25?,27+,43?/m0/s1. The first-order valence-electron chi connectivity index (χ1n) is 13.4. The number of ketones is 1. The lowest BCUT2D eigenvalue weighted by Gasteiger charge is -2.28. The van der Waals surface area contributed by atoms with Gasteiger partial charge in [0.25, 0.3) is 5.56 Å². The second-order valence-corrected chi connectivity index (χ2v) is 12.0. The summed E-state index contributed by atoms with van der Waals surface area (Å²) in [7, 11) is -4.44.